The van der Waals surface area contributed by atoms with Crippen LogP contribution in [0.4, 0.5) is 5.69 Å². The molecule has 0 saturated carbocycles. The maximum Gasteiger partial charge on any atom is 0.271 e. The third-order valence-corrected chi connectivity index (χ3v) is 6.66. The second-order valence-corrected chi connectivity index (χ2v) is 9.33. The number of amides is 2. The number of carbonyl (C=O) groups is 2. The molecule has 146 valence electrons. The lowest BCUT2D eigenvalue weighted by Gasteiger charge is -2.27. The summed E-state index contributed by atoms with van der Waals surface area (Å²) in [6.45, 7) is 2.15. The lowest BCUT2D eigenvalue weighted by molar-refractivity contribution is -0.133. The Morgan fingerprint density at radius 2 is 2.00 bits per heavy atom. The van der Waals surface area contributed by atoms with E-state index in [1.54, 1.807) is 0 Å². The summed E-state index contributed by atoms with van der Waals surface area (Å²) in [5, 5.41) is 8.20. The van der Waals surface area contributed by atoms with Crippen LogP contribution in [0, 0.1) is 0 Å². The first-order valence-electron chi connectivity index (χ1n) is 9.38. The van der Waals surface area contributed by atoms with E-state index in [1.807, 2.05) is 24.3 Å². The third kappa shape index (κ3) is 4.94. The van der Waals surface area contributed by atoms with Gasteiger partial charge in [-0.3, -0.25) is 9.59 Å². The smallest absolute Gasteiger partial charge is 0.271 e. The van der Waals surface area contributed by atoms with Gasteiger partial charge in [-0.05, 0) is 37.0 Å². The molecule has 3 rings (SSSR count). The summed E-state index contributed by atoms with van der Waals surface area (Å²) in [5.41, 5.74) is 2.16. The van der Waals surface area contributed by atoms with Crippen LogP contribution in [-0.4, -0.2) is 48.5 Å². The van der Waals surface area contributed by atoms with E-state index >= 15 is 0 Å². The first-order chi connectivity index (χ1) is 12.9. The van der Waals surface area contributed by atoms with Crippen molar-refractivity contribution in [3.63, 3.8) is 0 Å². The monoisotopic (exact) mass is 391 g/mol. The van der Waals surface area contributed by atoms with E-state index in [1.165, 1.54) is 10.6 Å². The van der Waals surface area contributed by atoms with Gasteiger partial charge < -0.3 is 5.32 Å². The Balaban J connectivity index is 1.66. The van der Waals surface area contributed by atoms with Crippen molar-refractivity contribution < 1.29 is 18.0 Å². The highest BCUT2D eigenvalue weighted by Crippen LogP contribution is 2.22. The number of carbonyl (C=O) groups excluding carboxylic acids is 2. The van der Waals surface area contributed by atoms with E-state index in [2.05, 4.69) is 17.3 Å². The molecule has 1 aromatic carbocycles. The molecular weight excluding hydrogens is 366 g/mol. The van der Waals surface area contributed by atoms with Crippen LogP contribution in [0.5, 0.6) is 0 Å². The number of nitrogens with one attached hydrogen (secondary N) is 1. The van der Waals surface area contributed by atoms with Gasteiger partial charge in [-0.2, -0.15) is 5.10 Å². The largest absolute Gasteiger partial charge is 0.321 e. The molecule has 2 heterocycles. The van der Waals surface area contributed by atoms with Crippen LogP contribution in [-0.2, 0) is 25.8 Å². The summed E-state index contributed by atoms with van der Waals surface area (Å²) in [5.74, 6) is -0.609. The zero-order valence-corrected chi connectivity index (χ0v) is 16.3. The number of sulfone groups is 1. The molecule has 0 aromatic heterocycles. The first-order valence-corrected chi connectivity index (χ1v) is 11.2. The second-order valence-electron chi connectivity index (χ2n) is 7.10. The number of hydrazone groups is 1. The Bertz CT molecular complexity index is 846. The van der Waals surface area contributed by atoms with E-state index in [4.69, 9.17) is 0 Å². The summed E-state index contributed by atoms with van der Waals surface area (Å²) in [6, 6.07) is 7.24. The molecule has 1 unspecified atom stereocenters. The van der Waals surface area contributed by atoms with Crippen LogP contribution in [0.15, 0.2) is 29.4 Å². The van der Waals surface area contributed by atoms with Gasteiger partial charge in [0, 0.05) is 18.5 Å². The highest BCUT2D eigenvalue weighted by molar-refractivity contribution is 7.91. The van der Waals surface area contributed by atoms with E-state index in [0.717, 1.165) is 19.3 Å². The number of rotatable bonds is 6. The van der Waals surface area contributed by atoms with Crippen molar-refractivity contribution in [2.24, 2.45) is 5.10 Å². The van der Waals surface area contributed by atoms with Crippen molar-refractivity contribution in [3.05, 3.63) is 29.8 Å². The van der Waals surface area contributed by atoms with Gasteiger partial charge in [-0.15, -0.1) is 0 Å². The van der Waals surface area contributed by atoms with Crippen LogP contribution in [0.25, 0.3) is 0 Å². The summed E-state index contributed by atoms with van der Waals surface area (Å²) in [7, 11) is -3.13. The molecule has 1 saturated heterocycles. The van der Waals surface area contributed by atoms with Gasteiger partial charge in [0.1, 0.15) is 5.71 Å². The molecule has 7 nitrogen and oxygen atoms in total. The molecule has 0 bridgehead atoms. The Morgan fingerprint density at radius 1 is 1.26 bits per heavy atom. The van der Waals surface area contributed by atoms with Crippen LogP contribution in [0.1, 0.15) is 44.6 Å². The topological polar surface area (TPSA) is 95.9 Å². The maximum absolute atomic E-state index is 12.5. The molecule has 2 aliphatic heterocycles. The van der Waals surface area contributed by atoms with E-state index < -0.39 is 15.9 Å². The highest BCUT2D eigenvalue weighted by atomic mass is 32.2. The average Bonchev–Trinajstić information content (AvgIpc) is 3.01. The van der Waals surface area contributed by atoms with Crippen LogP contribution in [0.2, 0.25) is 0 Å². The van der Waals surface area contributed by atoms with Crippen molar-refractivity contribution in [2.75, 3.05) is 16.8 Å². The summed E-state index contributed by atoms with van der Waals surface area (Å²) in [4.78, 5) is 24.7. The predicted octanol–water partition coefficient (Wildman–Crippen LogP) is 2.13. The van der Waals surface area contributed by atoms with Gasteiger partial charge >= 0.3 is 0 Å². The fourth-order valence-corrected chi connectivity index (χ4v) is 5.02. The van der Waals surface area contributed by atoms with Gasteiger partial charge in [0.05, 0.1) is 17.5 Å². The molecule has 2 amide bonds. The summed E-state index contributed by atoms with van der Waals surface area (Å²) in [6.07, 6.45) is 4.07. The van der Waals surface area contributed by atoms with Crippen molar-refractivity contribution >= 4 is 33.1 Å². The normalized spacial score (nSPS) is 21.8. The second kappa shape index (κ2) is 8.21. The summed E-state index contributed by atoms with van der Waals surface area (Å²) < 4.78 is 23.3. The lowest BCUT2D eigenvalue weighted by Crippen LogP contribution is -2.42. The molecule has 0 aliphatic carbocycles. The standard InChI is InChI=1S/C19H25N3O4S/c1-2-3-4-14-5-7-15(8-6-14)20-19(24)17-9-10-18(23)22(21-17)16-11-12-27(25,26)13-16/h5-8,16H,2-4,9-13H2,1H3,(H,20,24). The highest BCUT2D eigenvalue weighted by Gasteiger charge is 2.37. The van der Waals surface area contributed by atoms with Gasteiger partial charge in [0.15, 0.2) is 9.84 Å². The molecule has 1 N–H and O–H groups in total. The molecule has 0 radical (unpaired) electrons. The van der Waals surface area contributed by atoms with Crippen LogP contribution in [0.3, 0.4) is 0 Å². The Morgan fingerprint density at radius 3 is 2.63 bits per heavy atom. The van der Waals surface area contributed by atoms with Crippen LogP contribution >= 0.6 is 0 Å². The zero-order chi connectivity index (χ0) is 19.4. The van der Waals surface area contributed by atoms with Gasteiger partial charge in [0.25, 0.3) is 5.91 Å². The minimum atomic E-state index is -3.13. The fraction of sp³-hybridized carbons (Fsp3) is 0.526. The van der Waals surface area contributed by atoms with Gasteiger partial charge in [-0.1, -0.05) is 25.5 Å². The average molecular weight is 391 g/mol. The number of unbranched alkanes of at least 4 members (excludes halogenated alkanes) is 1. The first kappa shape index (κ1) is 19.5. The van der Waals surface area contributed by atoms with E-state index in [0.29, 0.717) is 12.1 Å². The number of benzene rings is 1. The van der Waals surface area contributed by atoms with Crippen molar-refractivity contribution in [1.29, 1.82) is 0 Å². The minimum absolute atomic E-state index is 0.0584. The summed E-state index contributed by atoms with van der Waals surface area (Å²) >= 11 is 0. The minimum Gasteiger partial charge on any atom is -0.321 e. The van der Waals surface area contributed by atoms with Gasteiger partial charge in [-0.25, -0.2) is 13.4 Å². The third-order valence-electron chi connectivity index (χ3n) is 4.91. The van der Waals surface area contributed by atoms with Crippen molar-refractivity contribution in [1.82, 2.24) is 5.01 Å². The Hall–Kier alpha value is -2.22. The molecule has 8 heteroatoms. The number of anilines is 1. The number of aryl methyl sites for hydroxylation is 1. The molecular formula is C19H25N3O4S. The molecule has 2 aliphatic rings. The molecule has 1 aromatic rings. The van der Waals surface area contributed by atoms with Crippen molar-refractivity contribution in [3.8, 4) is 0 Å². The number of nitrogens with zero attached hydrogens (tertiary/aromatic N) is 2. The van der Waals surface area contributed by atoms with E-state index in [9.17, 15) is 18.0 Å². The van der Waals surface area contributed by atoms with Crippen LogP contribution < -0.4 is 5.32 Å². The Labute approximate surface area is 159 Å². The van der Waals surface area contributed by atoms with Crippen molar-refractivity contribution in [2.45, 2.75) is 51.5 Å². The Kier molecular flexibility index (Phi) is 5.94. The quantitative estimate of drug-likeness (QED) is 0.803. The molecule has 1 fully saturated rings. The molecule has 0 spiro atoms. The predicted molar refractivity (Wildman–Crippen MR) is 104 cm³/mol. The number of hydrogen-bond acceptors (Lipinski definition) is 5. The fourth-order valence-electron chi connectivity index (χ4n) is 3.33. The maximum atomic E-state index is 12.5. The lowest BCUT2D eigenvalue weighted by atomic mass is 10.1. The molecule has 1 atom stereocenters. The SMILES string of the molecule is CCCCc1ccc(NC(=O)C2=NN(C3CCS(=O)(=O)C3)C(=O)CC2)cc1. The molecule has 27 heavy (non-hydrogen) atoms. The van der Waals surface area contributed by atoms with Gasteiger partial charge in [0.2, 0.25) is 5.91 Å². The van der Waals surface area contributed by atoms with E-state index in [-0.39, 0.29) is 41.9 Å². The zero-order valence-electron chi connectivity index (χ0n) is 15.5. The number of hydrogen-bond donors (Lipinski definition) is 1.